The summed E-state index contributed by atoms with van der Waals surface area (Å²) in [4.78, 5) is 2.27. The molecule has 0 heterocycles. The van der Waals surface area contributed by atoms with Gasteiger partial charge in [0, 0.05) is 18.3 Å². The van der Waals surface area contributed by atoms with Gasteiger partial charge in [0.25, 0.3) is 0 Å². The summed E-state index contributed by atoms with van der Waals surface area (Å²) in [5.74, 6) is 0. The van der Waals surface area contributed by atoms with Gasteiger partial charge in [-0.15, -0.1) is 0 Å². The molecule has 0 rings (SSSR count). The van der Waals surface area contributed by atoms with E-state index in [2.05, 4.69) is 32.3 Å². The minimum atomic E-state index is 0.560. The van der Waals surface area contributed by atoms with Gasteiger partial charge in [0.1, 0.15) is 0 Å². The molecule has 0 amide bonds. The van der Waals surface area contributed by atoms with Crippen LogP contribution >= 0.6 is 0 Å². The lowest BCUT2D eigenvalue weighted by Gasteiger charge is -2.24. The Morgan fingerprint density at radius 1 is 1.60 bits per heavy atom. The molecule has 0 aromatic rings. The summed E-state index contributed by atoms with van der Waals surface area (Å²) in [5, 5.41) is 0. The molecule has 0 spiro atoms. The number of hydrogen-bond donors (Lipinski definition) is 1. The minimum absolute atomic E-state index is 0.560. The van der Waals surface area contributed by atoms with Crippen LogP contribution in [0.3, 0.4) is 0 Å². The van der Waals surface area contributed by atoms with Crippen molar-refractivity contribution in [2.45, 2.75) is 26.8 Å². The van der Waals surface area contributed by atoms with Gasteiger partial charge in [-0.3, -0.25) is 4.90 Å². The van der Waals surface area contributed by atoms with Gasteiger partial charge in [-0.05, 0) is 20.4 Å². The summed E-state index contributed by atoms with van der Waals surface area (Å²) in [7, 11) is 0. The molecule has 2 heteroatoms. The Balaban J connectivity index is 3.71. The predicted molar refractivity (Wildman–Crippen MR) is 45.7 cm³/mol. The van der Waals surface area contributed by atoms with Gasteiger partial charge < -0.3 is 5.73 Å². The molecule has 0 radical (unpaired) electrons. The van der Waals surface area contributed by atoms with E-state index in [1.54, 1.807) is 0 Å². The number of likely N-dealkylation sites (N-methyl/N-ethyl adjacent to an activating group) is 1. The van der Waals surface area contributed by atoms with Crippen LogP contribution in [0.4, 0.5) is 0 Å². The van der Waals surface area contributed by atoms with E-state index in [0.29, 0.717) is 6.04 Å². The van der Waals surface area contributed by atoms with Crippen LogP contribution in [0.5, 0.6) is 0 Å². The molecular weight excluding hydrogens is 124 g/mol. The standard InChI is InChI=1S/C8H18N2/c1-5-10(7(2)3)6-8(4)9/h7H,4-6,9H2,1-3H3. The van der Waals surface area contributed by atoms with Gasteiger partial charge in [-0.25, -0.2) is 0 Å². The molecule has 0 aliphatic heterocycles. The second-order valence-electron chi connectivity index (χ2n) is 2.82. The fourth-order valence-electron chi connectivity index (χ4n) is 0.920. The minimum Gasteiger partial charge on any atom is -0.401 e. The van der Waals surface area contributed by atoms with Crippen LogP contribution in [-0.2, 0) is 0 Å². The molecule has 0 fully saturated rings. The van der Waals surface area contributed by atoms with Gasteiger partial charge in [-0.2, -0.15) is 0 Å². The summed E-state index contributed by atoms with van der Waals surface area (Å²) >= 11 is 0. The predicted octanol–water partition coefficient (Wildman–Crippen LogP) is 1.19. The Labute approximate surface area is 63.7 Å². The molecule has 60 valence electrons. The zero-order valence-corrected chi connectivity index (χ0v) is 7.22. The molecule has 0 aromatic carbocycles. The first-order valence-electron chi connectivity index (χ1n) is 3.75. The van der Waals surface area contributed by atoms with E-state index in [4.69, 9.17) is 5.73 Å². The monoisotopic (exact) mass is 142 g/mol. The highest BCUT2D eigenvalue weighted by atomic mass is 15.1. The van der Waals surface area contributed by atoms with E-state index in [9.17, 15) is 0 Å². The van der Waals surface area contributed by atoms with E-state index in [1.807, 2.05) is 0 Å². The Morgan fingerprint density at radius 2 is 2.10 bits per heavy atom. The summed E-state index contributed by atoms with van der Waals surface area (Å²) < 4.78 is 0. The van der Waals surface area contributed by atoms with Gasteiger partial charge in [0.2, 0.25) is 0 Å². The van der Waals surface area contributed by atoms with E-state index in [0.717, 1.165) is 18.8 Å². The highest BCUT2D eigenvalue weighted by Gasteiger charge is 2.05. The maximum Gasteiger partial charge on any atom is 0.0376 e. The van der Waals surface area contributed by atoms with Gasteiger partial charge in [-0.1, -0.05) is 13.5 Å². The van der Waals surface area contributed by atoms with E-state index < -0.39 is 0 Å². The summed E-state index contributed by atoms with van der Waals surface area (Å²) in [6.07, 6.45) is 0. The maximum absolute atomic E-state index is 5.47. The van der Waals surface area contributed by atoms with Gasteiger partial charge >= 0.3 is 0 Å². The Morgan fingerprint density at radius 3 is 2.20 bits per heavy atom. The average Bonchev–Trinajstić information content (AvgIpc) is 1.81. The number of hydrogen-bond acceptors (Lipinski definition) is 2. The molecule has 0 aromatic heterocycles. The topological polar surface area (TPSA) is 29.3 Å². The third kappa shape index (κ3) is 3.51. The highest BCUT2D eigenvalue weighted by molar-refractivity contribution is 4.90. The Kier molecular flexibility index (Phi) is 4.12. The molecule has 0 saturated heterocycles. The number of nitrogens with two attached hydrogens (primary N) is 1. The second-order valence-corrected chi connectivity index (χ2v) is 2.82. The smallest absolute Gasteiger partial charge is 0.0376 e. The maximum atomic E-state index is 5.47. The zero-order chi connectivity index (χ0) is 8.15. The van der Waals surface area contributed by atoms with Crippen LogP contribution in [0.25, 0.3) is 0 Å². The van der Waals surface area contributed by atoms with E-state index in [-0.39, 0.29) is 0 Å². The molecule has 0 unspecified atom stereocenters. The normalized spacial score (nSPS) is 10.9. The molecule has 0 bridgehead atoms. The van der Waals surface area contributed by atoms with E-state index in [1.165, 1.54) is 0 Å². The molecule has 10 heavy (non-hydrogen) atoms. The van der Waals surface area contributed by atoms with Crippen molar-refractivity contribution in [2.75, 3.05) is 13.1 Å². The van der Waals surface area contributed by atoms with Crippen molar-refractivity contribution in [3.63, 3.8) is 0 Å². The quantitative estimate of drug-likeness (QED) is 0.639. The lowest BCUT2D eigenvalue weighted by atomic mass is 10.3. The largest absolute Gasteiger partial charge is 0.401 e. The van der Waals surface area contributed by atoms with Crippen molar-refractivity contribution in [3.8, 4) is 0 Å². The van der Waals surface area contributed by atoms with Crippen molar-refractivity contribution in [1.82, 2.24) is 4.90 Å². The first-order chi connectivity index (χ1) is 4.57. The van der Waals surface area contributed by atoms with Crippen molar-refractivity contribution in [2.24, 2.45) is 5.73 Å². The van der Waals surface area contributed by atoms with Crippen LogP contribution in [0.2, 0.25) is 0 Å². The van der Waals surface area contributed by atoms with Crippen molar-refractivity contribution < 1.29 is 0 Å². The summed E-state index contributed by atoms with van der Waals surface area (Å²) in [6.45, 7) is 12.0. The average molecular weight is 142 g/mol. The zero-order valence-electron chi connectivity index (χ0n) is 7.22. The highest BCUT2D eigenvalue weighted by Crippen LogP contribution is 1.97. The van der Waals surface area contributed by atoms with Crippen molar-refractivity contribution in [1.29, 1.82) is 0 Å². The Bertz CT molecular complexity index is 108. The van der Waals surface area contributed by atoms with E-state index >= 15 is 0 Å². The molecule has 0 saturated carbocycles. The lowest BCUT2D eigenvalue weighted by molar-refractivity contribution is 0.253. The fourth-order valence-corrected chi connectivity index (χ4v) is 0.920. The molecule has 2 N–H and O–H groups in total. The Hall–Kier alpha value is -0.500. The SMILES string of the molecule is C=C(N)CN(CC)C(C)C. The van der Waals surface area contributed by atoms with Crippen LogP contribution in [-0.4, -0.2) is 24.0 Å². The van der Waals surface area contributed by atoms with Crippen LogP contribution < -0.4 is 5.73 Å². The van der Waals surface area contributed by atoms with Crippen LogP contribution in [0.1, 0.15) is 20.8 Å². The summed E-state index contributed by atoms with van der Waals surface area (Å²) in [5.41, 5.74) is 6.22. The van der Waals surface area contributed by atoms with Crippen LogP contribution in [0, 0.1) is 0 Å². The molecule has 0 atom stereocenters. The van der Waals surface area contributed by atoms with Crippen LogP contribution in [0.15, 0.2) is 12.3 Å². The molecule has 2 nitrogen and oxygen atoms in total. The second kappa shape index (κ2) is 4.34. The molecular formula is C8H18N2. The van der Waals surface area contributed by atoms with Crippen molar-refractivity contribution >= 4 is 0 Å². The van der Waals surface area contributed by atoms with Gasteiger partial charge in [0.05, 0.1) is 0 Å². The third-order valence-electron chi connectivity index (χ3n) is 1.54. The fraction of sp³-hybridized carbons (Fsp3) is 0.750. The van der Waals surface area contributed by atoms with Gasteiger partial charge in [0.15, 0.2) is 0 Å². The molecule has 0 aliphatic carbocycles. The third-order valence-corrected chi connectivity index (χ3v) is 1.54. The first-order valence-corrected chi connectivity index (χ1v) is 3.75. The number of rotatable bonds is 4. The van der Waals surface area contributed by atoms with Crippen molar-refractivity contribution in [3.05, 3.63) is 12.3 Å². The lowest BCUT2D eigenvalue weighted by Crippen LogP contribution is -2.33. The molecule has 0 aliphatic rings. The number of nitrogens with zero attached hydrogens (tertiary/aromatic N) is 1. The summed E-state index contributed by atoms with van der Waals surface area (Å²) in [6, 6.07) is 0.560. The first kappa shape index (κ1) is 9.50.